The van der Waals surface area contributed by atoms with Gasteiger partial charge in [0.25, 0.3) is 0 Å². The van der Waals surface area contributed by atoms with E-state index >= 15 is 0 Å². The quantitative estimate of drug-likeness (QED) is 0.237. The third-order valence-electron chi connectivity index (χ3n) is 4.03. The van der Waals surface area contributed by atoms with Gasteiger partial charge < -0.3 is 35.9 Å². The van der Waals surface area contributed by atoms with Crippen LogP contribution >= 0.6 is 0 Å². The Morgan fingerprint density at radius 3 is 1.17 bits per heavy atom. The van der Waals surface area contributed by atoms with Gasteiger partial charge in [0.15, 0.2) is 0 Å². The molecule has 0 aromatic heterocycles. The molecule has 0 atom stereocenters. The van der Waals surface area contributed by atoms with Crippen LogP contribution in [0.3, 0.4) is 0 Å². The number of nitrogens with zero attached hydrogens (tertiary/aromatic N) is 2. The number of fused-ring (bicyclic) bond motifs is 2. The van der Waals surface area contributed by atoms with E-state index in [1.165, 1.54) is 10.8 Å². The van der Waals surface area contributed by atoms with E-state index in [9.17, 15) is 0 Å². The summed E-state index contributed by atoms with van der Waals surface area (Å²) in [4.78, 5) is 1.70. The predicted molar refractivity (Wildman–Crippen MR) is 129 cm³/mol. The monoisotopic (exact) mass is 452 g/mol. The summed E-state index contributed by atoms with van der Waals surface area (Å²) in [6.07, 6.45) is 0. The molecule has 0 amide bonds. The van der Waals surface area contributed by atoms with E-state index in [4.69, 9.17) is 25.3 Å². The van der Waals surface area contributed by atoms with Crippen LogP contribution in [0.2, 0.25) is 0 Å². The van der Waals surface area contributed by atoms with E-state index in [1.807, 2.05) is 24.3 Å². The van der Waals surface area contributed by atoms with Gasteiger partial charge >= 0.3 is 21.7 Å². The summed E-state index contributed by atoms with van der Waals surface area (Å²) in [6, 6.07) is 24.8. The molecule has 0 aliphatic rings. The second-order valence-electron chi connectivity index (χ2n) is 6.21. The van der Waals surface area contributed by atoms with E-state index in [2.05, 4.69) is 59.2 Å². The average Bonchev–Trinajstić information content (AvgIpc) is 2.70. The summed E-state index contributed by atoms with van der Waals surface area (Å²) in [5.41, 5.74) is 2.16. The molecule has 0 saturated carbocycles. The van der Waals surface area contributed by atoms with Gasteiger partial charge in [-0.05, 0) is 32.7 Å². The Morgan fingerprint density at radius 1 is 0.517 bits per heavy atom. The molecule has 4 rings (SSSR count). The van der Waals surface area contributed by atoms with Crippen LogP contribution in [-0.2, 0) is 47.0 Å². The van der Waals surface area contributed by atoms with Gasteiger partial charge in [0, 0.05) is 0 Å². The molecule has 0 radical (unpaired) electrons. The molecule has 0 heterocycles. The molecule has 0 fully saturated rings. The topological polar surface area (TPSA) is 28.2 Å². The minimum absolute atomic E-state index is 0. The van der Waals surface area contributed by atoms with E-state index in [-0.39, 0.29) is 21.7 Å². The molecular weight excluding hydrogens is 428 g/mol. The standard InChI is InChI=1S/C20H14S2.2C2H6N.Ti/c21-17-11-9-13-5-1-3-7-15(13)19(17)20-16-8-4-2-6-14(16)10-12-18(20)22;2*1-3-2;/h1-12,21-22H;2*1-2H3;/q;2*-1;+4/p-2. The maximum Gasteiger partial charge on any atom is 4.00 e. The van der Waals surface area contributed by atoms with Crippen molar-refractivity contribution in [3.05, 3.63) is 83.4 Å². The van der Waals surface area contributed by atoms with Crippen molar-refractivity contribution in [3.8, 4) is 11.1 Å². The fraction of sp³-hybridized carbons (Fsp3) is 0.167. The fourth-order valence-corrected chi connectivity index (χ4v) is 3.58. The molecule has 0 unspecified atom stereocenters. The molecule has 0 spiro atoms. The number of hydrogen-bond donors (Lipinski definition) is 0. The van der Waals surface area contributed by atoms with Gasteiger partial charge in [0.1, 0.15) is 0 Å². The first-order valence-corrected chi connectivity index (χ1v) is 9.74. The molecular formula is C24H24N2S2Ti. The SMILES string of the molecule is C[N-]C.C[N-]C.[S-]c1ccc2ccccc2c1-c1c([S-])ccc2ccccc12.[Ti+4]. The summed E-state index contributed by atoms with van der Waals surface area (Å²) in [6.45, 7) is 0. The Kier molecular flexibility index (Phi) is 11.4. The van der Waals surface area contributed by atoms with Gasteiger partial charge in [-0.3, -0.25) is 0 Å². The van der Waals surface area contributed by atoms with Gasteiger partial charge in [-0.2, -0.15) is 38.0 Å². The van der Waals surface area contributed by atoms with Crippen molar-refractivity contribution in [2.45, 2.75) is 9.79 Å². The first kappa shape index (κ1) is 25.5. The molecule has 4 aromatic carbocycles. The fourth-order valence-electron chi connectivity index (χ4n) is 3.02. The Balaban J connectivity index is 0.000000540. The summed E-state index contributed by atoms with van der Waals surface area (Å²) in [7, 11) is 7.00. The molecule has 0 N–H and O–H groups in total. The second-order valence-corrected chi connectivity index (χ2v) is 7.09. The Hall–Kier alpha value is -1.53. The van der Waals surface area contributed by atoms with E-state index in [0.29, 0.717) is 0 Å². The zero-order chi connectivity index (χ0) is 20.5. The first-order valence-electron chi connectivity index (χ1n) is 8.92. The van der Waals surface area contributed by atoms with Crippen LogP contribution in [0.1, 0.15) is 0 Å². The van der Waals surface area contributed by atoms with Crippen LogP contribution in [0.4, 0.5) is 0 Å². The maximum atomic E-state index is 5.64. The zero-order valence-corrected chi connectivity index (χ0v) is 20.3. The minimum atomic E-state index is 0. The van der Waals surface area contributed by atoms with Crippen molar-refractivity contribution in [1.29, 1.82) is 0 Å². The van der Waals surface area contributed by atoms with Crippen molar-refractivity contribution in [1.82, 2.24) is 0 Å². The van der Waals surface area contributed by atoms with Gasteiger partial charge in [-0.15, -0.1) is 0 Å². The molecule has 0 bridgehead atoms. The average molecular weight is 452 g/mol. The molecule has 0 aliphatic heterocycles. The van der Waals surface area contributed by atoms with Gasteiger partial charge in [-0.1, -0.05) is 72.8 Å². The maximum absolute atomic E-state index is 5.64. The number of benzene rings is 4. The summed E-state index contributed by atoms with van der Waals surface area (Å²) >= 11 is 11.3. The molecule has 2 nitrogen and oxygen atoms in total. The third-order valence-corrected chi connectivity index (χ3v) is 4.71. The van der Waals surface area contributed by atoms with E-state index in [1.54, 1.807) is 28.2 Å². The van der Waals surface area contributed by atoms with Crippen LogP contribution in [0.5, 0.6) is 0 Å². The molecule has 0 aliphatic carbocycles. The Morgan fingerprint density at radius 2 is 0.828 bits per heavy atom. The van der Waals surface area contributed by atoms with Crippen LogP contribution in [0.25, 0.3) is 43.3 Å². The first-order chi connectivity index (χ1) is 13.6. The second kappa shape index (κ2) is 12.9. The zero-order valence-electron chi connectivity index (χ0n) is 17.1. The van der Waals surface area contributed by atoms with Crippen LogP contribution in [0, 0.1) is 0 Å². The third kappa shape index (κ3) is 6.22. The molecule has 146 valence electrons. The molecule has 29 heavy (non-hydrogen) atoms. The van der Waals surface area contributed by atoms with E-state index in [0.717, 1.165) is 31.7 Å². The van der Waals surface area contributed by atoms with Crippen molar-refractivity contribution < 1.29 is 21.7 Å². The number of rotatable bonds is 1. The minimum Gasteiger partial charge on any atom is -0.779 e. The van der Waals surface area contributed by atoms with E-state index < -0.39 is 0 Å². The normalized spacial score (nSPS) is 9.66. The van der Waals surface area contributed by atoms with Crippen molar-refractivity contribution in [2.24, 2.45) is 0 Å². The van der Waals surface area contributed by atoms with Gasteiger partial charge in [0.2, 0.25) is 0 Å². The number of hydrogen-bond acceptors (Lipinski definition) is 2. The summed E-state index contributed by atoms with van der Waals surface area (Å²) in [5.74, 6) is 0. The summed E-state index contributed by atoms with van der Waals surface area (Å²) < 4.78 is 0. The van der Waals surface area contributed by atoms with Crippen molar-refractivity contribution in [2.75, 3.05) is 28.2 Å². The largest absolute Gasteiger partial charge is 4.00 e. The predicted octanol–water partition coefficient (Wildman–Crippen LogP) is 6.71. The van der Waals surface area contributed by atoms with Crippen LogP contribution in [0.15, 0.2) is 82.6 Å². The molecule has 5 heteroatoms. The van der Waals surface area contributed by atoms with Gasteiger partial charge in [0.05, 0.1) is 0 Å². The van der Waals surface area contributed by atoms with Crippen LogP contribution in [-0.4, -0.2) is 28.2 Å². The Labute approximate surface area is 200 Å². The van der Waals surface area contributed by atoms with Crippen molar-refractivity contribution in [3.63, 3.8) is 0 Å². The molecule has 4 aromatic rings. The molecule has 0 saturated heterocycles. The Bertz CT molecular complexity index is 966. The smallest absolute Gasteiger partial charge is 0.779 e. The van der Waals surface area contributed by atoms with Crippen molar-refractivity contribution >= 4 is 46.8 Å². The van der Waals surface area contributed by atoms with Crippen LogP contribution < -0.4 is 0 Å². The van der Waals surface area contributed by atoms with Gasteiger partial charge in [-0.25, -0.2) is 0 Å². The summed E-state index contributed by atoms with van der Waals surface area (Å²) in [5, 5.41) is 11.7.